The van der Waals surface area contributed by atoms with Gasteiger partial charge in [-0.2, -0.15) is 0 Å². The fourth-order valence-corrected chi connectivity index (χ4v) is 3.54. The third-order valence-corrected chi connectivity index (χ3v) is 4.70. The van der Waals surface area contributed by atoms with Crippen molar-refractivity contribution in [1.29, 1.82) is 0 Å². The SMILES string of the molecule is COc1ccccc1N1CCN(C2CCC(N)C2)CC1. The van der Waals surface area contributed by atoms with Crippen molar-refractivity contribution in [3.05, 3.63) is 24.3 Å². The molecule has 0 amide bonds. The summed E-state index contributed by atoms with van der Waals surface area (Å²) < 4.78 is 5.47. The Labute approximate surface area is 121 Å². The first-order chi connectivity index (χ1) is 9.78. The Morgan fingerprint density at radius 2 is 1.85 bits per heavy atom. The van der Waals surface area contributed by atoms with E-state index in [9.17, 15) is 0 Å². The number of anilines is 1. The molecule has 1 saturated heterocycles. The van der Waals surface area contributed by atoms with Gasteiger partial charge in [0.2, 0.25) is 0 Å². The molecule has 2 fully saturated rings. The summed E-state index contributed by atoms with van der Waals surface area (Å²) in [6.45, 7) is 4.42. The van der Waals surface area contributed by atoms with Crippen LogP contribution < -0.4 is 15.4 Å². The lowest BCUT2D eigenvalue weighted by molar-refractivity contribution is 0.186. The summed E-state index contributed by atoms with van der Waals surface area (Å²) in [7, 11) is 1.75. The van der Waals surface area contributed by atoms with Gasteiger partial charge < -0.3 is 15.4 Å². The number of benzene rings is 1. The molecule has 1 aliphatic carbocycles. The summed E-state index contributed by atoms with van der Waals surface area (Å²) in [6, 6.07) is 9.44. The predicted octanol–water partition coefficient (Wildman–Crippen LogP) is 1.70. The molecule has 2 atom stereocenters. The smallest absolute Gasteiger partial charge is 0.142 e. The first kappa shape index (κ1) is 13.7. The van der Waals surface area contributed by atoms with Gasteiger partial charge in [0, 0.05) is 38.3 Å². The Morgan fingerprint density at radius 3 is 2.50 bits per heavy atom. The molecule has 0 radical (unpaired) electrons. The molecule has 2 N–H and O–H groups in total. The lowest BCUT2D eigenvalue weighted by atomic mass is 10.1. The van der Waals surface area contributed by atoms with E-state index < -0.39 is 0 Å². The van der Waals surface area contributed by atoms with Gasteiger partial charge in [0.05, 0.1) is 12.8 Å². The molecule has 1 heterocycles. The molecular weight excluding hydrogens is 250 g/mol. The van der Waals surface area contributed by atoms with Gasteiger partial charge in [-0.3, -0.25) is 4.90 Å². The van der Waals surface area contributed by atoms with Gasteiger partial charge in [-0.15, -0.1) is 0 Å². The van der Waals surface area contributed by atoms with E-state index in [2.05, 4.69) is 21.9 Å². The molecule has 1 saturated carbocycles. The standard InChI is InChI=1S/C16H25N3O/c1-20-16-5-3-2-4-15(16)19-10-8-18(9-11-19)14-7-6-13(17)12-14/h2-5,13-14H,6-12,17H2,1H3. The van der Waals surface area contributed by atoms with Crippen LogP contribution in [0.3, 0.4) is 0 Å². The minimum atomic E-state index is 0.423. The number of piperazine rings is 1. The van der Waals surface area contributed by atoms with Crippen LogP contribution in [0, 0.1) is 0 Å². The van der Waals surface area contributed by atoms with Gasteiger partial charge in [0.25, 0.3) is 0 Å². The Kier molecular flexibility index (Phi) is 4.13. The van der Waals surface area contributed by atoms with Crippen molar-refractivity contribution in [1.82, 2.24) is 4.90 Å². The topological polar surface area (TPSA) is 41.7 Å². The second-order valence-corrected chi connectivity index (χ2v) is 5.92. The van der Waals surface area contributed by atoms with Gasteiger partial charge in [0.15, 0.2) is 0 Å². The third kappa shape index (κ3) is 2.76. The number of methoxy groups -OCH3 is 1. The number of hydrogen-bond acceptors (Lipinski definition) is 4. The van der Waals surface area contributed by atoms with E-state index in [-0.39, 0.29) is 0 Å². The highest BCUT2D eigenvalue weighted by atomic mass is 16.5. The molecule has 1 aromatic rings. The Balaban J connectivity index is 1.61. The van der Waals surface area contributed by atoms with Gasteiger partial charge in [-0.25, -0.2) is 0 Å². The Bertz CT molecular complexity index is 443. The number of para-hydroxylation sites is 2. The third-order valence-electron chi connectivity index (χ3n) is 4.70. The monoisotopic (exact) mass is 275 g/mol. The van der Waals surface area contributed by atoms with Crippen molar-refractivity contribution in [3.63, 3.8) is 0 Å². The van der Waals surface area contributed by atoms with E-state index in [0.29, 0.717) is 12.1 Å². The maximum atomic E-state index is 6.03. The van der Waals surface area contributed by atoms with Crippen molar-refractivity contribution in [2.75, 3.05) is 38.2 Å². The maximum Gasteiger partial charge on any atom is 0.142 e. The second kappa shape index (κ2) is 6.02. The zero-order chi connectivity index (χ0) is 13.9. The summed E-state index contributed by atoms with van der Waals surface area (Å²) in [5, 5.41) is 0. The first-order valence-corrected chi connectivity index (χ1v) is 7.65. The molecule has 2 unspecified atom stereocenters. The lowest BCUT2D eigenvalue weighted by Gasteiger charge is -2.39. The zero-order valence-corrected chi connectivity index (χ0v) is 12.3. The molecular formula is C16H25N3O. The maximum absolute atomic E-state index is 6.03. The van der Waals surface area contributed by atoms with Crippen LogP contribution in [0.4, 0.5) is 5.69 Å². The molecule has 110 valence electrons. The van der Waals surface area contributed by atoms with Crippen LogP contribution in [0.25, 0.3) is 0 Å². The van der Waals surface area contributed by atoms with E-state index in [0.717, 1.165) is 31.9 Å². The van der Waals surface area contributed by atoms with Crippen LogP contribution in [0.2, 0.25) is 0 Å². The Hall–Kier alpha value is -1.26. The molecule has 4 nitrogen and oxygen atoms in total. The van der Waals surface area contributed by atoms with E-state index in [1.807, 2.05) is 12.1 Å². The van der Waals surface area contributed by atoms with E-state index >= 15 is 0 Å². The molecule has 0 bridgehead atoms. The average Bonchev–Trinajstić information content (AvgIpc) is 2.94. The van der Waals surface area contributed by atoms with Crippen LogP contribution in [-0.2, 0) is 0 Å². The summed E-state index contributed by atoms with van der Waals surface area (Å²) in [4.78, 5) is 5.06. The molecule has 1 aliphatic heterocycles. The summed E-state index contributed by atoms with van der Waals surface area (Å²) in [6.07, 6.45) is 3.64. The fraction of sp³-hybridized carbons (Fsp3) is 0.625. The first-order valence-electron chi connectivity index (χ1n) is 7.65. The molecule has 3 rings (SSSR count). The van der Waals surface area contributed by atoms with Crippen molar-refractivity contribution in [3.8, 4) is 5.75 Å². The number of nitrogens with two attached hydrogens (primary N) is 1. The molecule has 4 heteroatoms. The number of rotatable bonds is 3. The van der Waals surface area contributed by atoms with E-state index in [1.165, 1.54) is 24.9 Å². The minimum absolute atomic E-state index is 0.423. The largest absolute Gasteiger partial charge is 0.495 e. The highest BCUT2D eigenvalue weighted by Gasteiger charge is 2.29. The van der Waals surface area contributed by atoms with Gasteiger partial charge in [0.1, 0.15) is 5.75 Å². The van der Waals surface area contributed by atoms with Crippen LogP contribution >= 0.6 is 0 Å². The van der Waals surface area contributed by atoms with Crippen LogP contribution in [0.5, 0.6) is 5.75 Å². The summed E-state index contributed by atoms with van der Waals surface area (Å²) >= 11 is 0. The molecule has 0 spiro atoms. The van der Waals surface area contributed by atoms with Crippen LogP contribution in [0.1, 0.15) is 19.3 Å². The van der Waals surface area contributed by atoms with Crippen molar-refractivity contribution in [2.45, 2.75) is 31.3 Å². The molecule has 20 heavy (non-hydrogen) atoms. The highest BCUT2D eigenvalue weighted by Crippen LogP contribution is 2.30. The summed E-state index contributed by atoms with van der Waals surface area (Å²) in [5.41, 5.74) is 7.25. The van der Waals surface area contributed by atoms with Gasteiger partial charge in [-0.1, -0.05) is 12.1 Å². The van der Waals surface area contributed by atoms with Crippen molar-refractivity contribution in [2.24, 2.45) is 5.73 Å². The quantitative estimate of drug-likeness (QED) is 0.911. The Morgan fingerprint density at radius 1 is 1.10 bits per heavy atom. The van der Waals surface area contributed by atoms with E-state index in [4.69, 9.17) is 10.5 Å². The molecule has 1 aromatic carbocycles. The average molecular weight is 275 g/mol. The molecule has 2 aliphatic rings. The summed E-state index contributed by atoms with van der Waals surface area (Å²) in [5.74, 6) is 0.976. The predicted molar refractivity (Wildman–Crippen MR) is 82.4 cm³/mol. The zero-order valence-electron chi connectivity index (χ0n) is 12.3. The molecule has 0 aromatic heterocycles. The number of ether oxygens (including phenoxy) is 1. The fourth-order valence-electron chi connectivity index (χ4n) is 3.54. The normalized spacial score (nSPS) is 27.8. The van der Waals surface area contributed by atoms with E-state index in [1.54, 1.807) is 7.11 Å². The van der Waals surface area contributed by atoms with Crippen molar-refractivity contribution >= 4 is 5.69 Å². The van der Waals surface area contributed by atoms with Gasteiger partial charge in [-0.05, 0) is 31.4 Å². The second-order valence-electron chi connectivity index (χ2n) is 5.92. The highest BCUT2D eigenvalue weighted by molar-refractivity contribution is 5.58. The number of nitrogens with zero attached hydrogens (tertiary/aromatic N) is 2. The number of hydrogen-bond donors (Lipinski definition) is 1. The van der Waals surface area contributed by atoms with Crippen LogP contribution in [0.15, 0.2) is 24.3 Å². The van der Waals surface area contributed by atoms with Crippen molar-refractivity contribution < 1.29 is 4.74 Å². The van der Waals surface area contributed by atoms with Crippen LogP contribution in [-0.4, -0.2) is 50.3 Å². The van der Waals surface area contributed by atoms with Gasteiger partial charge >= 0.3 is 0 Å². The minimum Gasteiger partial charge on any atom is -0.495 e. The lowest BCUT2D eigenvalue weighted by Crippen LogP contribution is -2.50.